The monoisotopic (exact) mass is 372 g/mol. The van der Waals surface area contributed by atoms with Crippen molar-refractivity contribution in [3.05, 3.63) is 0 Å². The van der Waals surface area contributed by atoms with E-state index in [0.717, 1.165) is 39.1 Å². The molecule has 0 aromatic rings. The second kappa shape index (κ2) is 9.36. The molecule has 26 heavy (non-hydrogen) atoms. The molecule has 0 aliphatic carbocycles. The maximum Gasteiger partial charge on any atom is 0.162 e. The number of ether oxygens (including phenoxy) is 4. The lowest BCUT2D eigenvalue weighted by Crippen LogP contribution is -2.36. The lowest BCUT2D eigenvalue weighted by Gasteiger charge is -2.36. The number of rotatable bonds is 14. The van der Waals surface area contributed by atoms with Gasteiger partial charge in [-0.15, -0.1) is 0 Å². The van der Waals surface area contributed by atoms with E-state index < -0.39 is 5.79 Å². The molecule has 1 saturated heterocycles. The second-order valence-corrected chi connectivity index (χ2v) is 10.8. The Morgan fingerprint density at radius 3 is 1.69 bits per heavy atom. The van der Waals surface area contributed by atoms with Gasteiger partial charge >= 0.3 is 0 Å². The minimum absolute atomic E-state index is 0.109. The van der Waals surface area contributed by atoms with Gasteiger partial charge in [0, 0.05) is 0 Å². The summed E-state index contributed by atoms with van der Waals surface area (Å²) in [6.07, 6.45) is 3.65. The first-order valence-corrected chi connectivity index (χ1v) is 10.2. The minimum atomic E-state index is -0.549. The Hall–Kier alpha value is -0.160. The van der Waals surface area contributed by atoms with Crippen LogP contribution in [-0.2, 0) is 18.9 Å². The Kier molecular flexibility index (Phi) is 8.59. The van der Waals surface area contributed by atoms with E-state index in [2.05, 4.69) is 48.5 Å². The van der Waals surface area contributed by atoms with Crippen LogP contribution in [0.4, 0.5) is 0 Å². The van der Waals surface area contributed by atoms with Crippen LogP contribution >= 0.6 is 0 Å². The van der Waals surface area contributed by atoms with E-state index >= 15 is 0 Å². The fourth-order valence-corrected chi connectivity index (χ4v) is 2.33. The van der Waals surface area contributed by atoms with Gasteiger partial charge in [0.2, 0.25) is 0 Å². The van der Waals surface area contributed by atoms with E-state index in [1.54, 1.807) is 0 Å². The summed E-state index contributed by atoms with van der Waals surface area (Å²) in [7, 11) is 0. The molecule has 4 nitrogen and oxygen atoms in total. The number of hydrogen-bond donors (Lipinski definition) is 0. The van der Waals surface area contributed by atoms with Crippen molar-refractivity contribution in [1.82, 2.24) is 0 Å². The number of hydrogen-bond acceptors (Lipinski definition) is 4. The van der Waals surface area contributed by atoms with Crippen molar-refractivity contribution in [2.45, 2.75) is 93.5 Å². The largest absolute Gasteiger partial charge is 0.378 e. The summed E-state index contributed by atoms with van der Waals surface area (Å²) in [6, 6.07) is 0. The molecule has 1 fully saturated rings. The second-order valence-electron chi connectivity index (χ2n) is 10.8. The van der Waals surface area contributed by atoms with Gasteiger partial charge in [-0.2, -0.15) is 0 Å². The topological polar surface area (TPSA) is 40.2 Å². The molecule has 0 spiro atoms. The molecule has 1 heterocycles. The molecule has 1 unspecified atom stereocenters. The molecule has 0 bridgehead atoms. The molecular formula is C22H44O4. The minimum Gasteiger partial charge on any atom is -0.378 e. The molecule has 0 aromatic carbocycles. The van der Waals surface area contributed by atoms with Crippen molar-refractivity contribution in [3.8, 4) is 0 Å². The molecule has 0 radical (unpaired) electrons. The van der Waals surface area contributed by atoms with E-state index in [4.69, 9.17) is 18.9 Å². The van der Waals surface area contributed by atoms with Crippen molar-refractivity contribution in [1.29, 1.82) is 0 Å². The third kappa shape index (κ3) is 10.9. The average Bonchev–Trinajstić information content (AvgIpc) is 3.34. The molecule has 0 amide bonds. The highest BCUT2D eigenvalue weighted by Crippen LogP contribution is 2.33. The first-order chi connectivity index (χ1) is 11.8. The van der Waals surface area contributed by atoms with E-state index in [9.17, 15) is 0 Å². The van der Waals surface area contributed by atoms with Gasteiger partial charge in [0.1, 0.15) is 6.10 Å². The van der Waals surface area contributed by atoms with Gasteiger partial charge in [-0.3, -0.25) is 0 Å². The van der Waals surface area contributed by atoms with Gasteiger partial charge in [-0.25, -0.2) is 0 Å². The van der Waals surface area contributed by atoms with Crippen LogP contribution in [-0.4, -0.2) is 44.9 Å². The summed E-state index contributed by atoms with van der Waals surface area (Å²) in [6.45, 7) is 23.6. The summed E-state index contributed by atoms with van der Waals surface area (Å²) in [4.78, 5) is 0. The first-order valence-electron chi connectivity index (χ1n) is 10.2. The summed E-state index contributed by atoms with van der Waals surface area (Å²) >= 11 is 0. The average molecular weight is 373 g/mol. The maximum atomic E-state index is 6.15. The quantitative estimate of drug-likeness (QED) is 0.301. The molecule has 156 valence electrons. The molecule has 1 atom stereocenters. The van der Waals surface area contributed by atoms with E-state index in [-0.39, 0.29) is 16.2 Å². The third-order valence-corrected chi connectivity index (χ3v) is 5.26. The standard InChI is InChI=1S/C22H44O4/c1-10-19(2,3)16-25-22(8,9)26-17-21(6,7)12-11-20(4,5)15-23-13-18-14-24-18/h18H,10-17H2,1-9H3. The predicted molar refractivity (Wildman–Crippen MR) is 107 cm³/mol. The molecule has 0 aromatic heterocycles. The fraction of sp³-hybridized carbons (Fsp3) is 1.00. The normalized spacial score (nSPS) is 19.0. The zero-order chi connectivity index (χ0) is 20.1. The molecule has 1 rings (SSSR count). The van der Waals surface area contributed by atoms with Gasteiger partial charge in [-0.05, 0) is 49.4 Å². The van der Waals surface area contributed by atoms with Crippen LogP contribution in [0, 0.1) is 16.2 Å². The highest BCUT2D eigenvalue weighted by Gasteiger charge is 2.30. The zero-order valence-electron chi connectivity index (χ0n) is 18.9. The highest BCUT2D eigenvalue weighted by molar-refractivity contribution is 4.77. The molecule has 0 saturated carbocycles. The van der Waals surface area contributed by atoms with Crippen molar-refractivity contribution in [2.75, 3.05) is 33.0 Å². The summed E-state index contributed by atoms with van der Waals surface area (Å²) in [5.41, 5.74) is 0.465. The van der Waals surface area contributed by atoms with Crippen LogP contribution in [0.3, 0.4) is 0 Å². The molecule has 1 aliphatic rings. The van der Waals surface area contributed by atoms with Gasteiger partial charge < -0.3 is 18.9 Å². The van der Waals surface area contributed by atoms with Crippen LogP contribution in [0.5, 0.6) is 0 Å². The van der Waals surface area contributed by atoms with E-state index in [1.165, 1.54) is 0 Å². The van der Waals surface area contributed by atoms with Crippen LogP contribution in [0.25, 0.3) is 0 Å². The highest BCUT2D eigenvalue weighted by atomic mass is 16.7. The molecular weight excluding hydrogens is 328 g/mol. The zero-order valence-corrected chi connectivity index (χ0v) is 18.9. The maximum absolute atomic E-state index is 6.15. The smallest absolute Gasteiger partial charge is 0.162 e. The fourth-order valence-electron chi connectivity index (χ4n) is 2.33. The summed E-state index contributed by atoms with van der Waals surface area (Å²) < 4.78 is 23.2. The Morgan fingerprint density at radius 2 is 1.23 bits per heavy atom. The SMILES string of the molecule is CCC(C)(C)COC(C)(C)OCC(C)(C)CCC(C)(C)COCC1CO1. The van der Waals surface area contributed by atoms with Crippen molar-refractivity contribution >= 4 is 0 Å². The Labute approximate surface area is 162 Å². The van der Waals surface area contributed by atoms with Crippen molar-refractivity contribution < 1.29 is 18.9 Å². The molecule has 1 aliphatic heterocycles. The van der Waals surface area contributed by atoms with Crippen molar-refractivity contribution in [3.63, 3.8) is 0 Å². The lowest BCUT2D eigenvalue weighted by molar-refractivity contribution is -0.237. The van der Waals surface area contributed by atoms with Crippen molar-refractivity contribution in [2.24, 2.45) is 16.2 Å². The Balaban J connectivity index is 2.32. The Morgan fingerprint density at radius 1 is 0.769 bits per heavy atom. The first kappa shape index (κ1) is 23.9. The van der Waals surface area contributed by atoms with Gasteiger partial charge in [0.15, 0.2) is 5.79 Å². The molecule has 4 heteroatoms. The Bertz CT molecular complexity index is 408. The van der Waals surface area contributed by atoms with Crippen LogP contribution in [0.15, 0.2) is 0 Å². The van der Waals surface area contributed by atoms with E-state index in [0.29, 0.717) is 19.3 Å². The predicted octanol–water partition coefficient (Wildman–Crippen LogP) is 5.44. The van der Waals surface area contributed by atoms with Gasteiger partial charge in [0.25, 0.3) is 0 Å². The number of epoxide rings is 1. The van der Waals surface area contributed by atoms with Crippen LogP contribution < -0.4 is 0 Å². The lowest BCUT2D eigenvalue weighted by atomic mass is 9.80. The van der Waals surface area contributed by atoms with Crippen LogP contribution in [0.1, 0.15) is 81.6 Å². The van der Waals surface area contributed by atoms with E-state index in [1.807, 2.05) is 13.8 Å². The van der Waals surface area contributed by atoms with Gasteiger partial charge in [0.05, 0.1) is 33.0 Å². The summed E-state index contributed by atoms with van der Waals surface area (Å²) in [5, 5.41) is 0. The molecule has 0 N–H and O–H groups in total. The van der Waals surface area contributed by atoms with Crippen LogP contribution in [0.2, 0.25) is 0 Å². The summed E-state index contributed by atoms with van der Waals surface area (Å²) in [5.74, 6) is -0.549. The third-order valence-electron chi connectivity index (χ3n) is 5.26. The van der Waals surface area contributed by atoms with Gasteiger partial charge in [-0.1, -0.05) is 48.5 Å².